The quantitative estimate of drug-likeness (QED) is 0.848. The summed E-state index contributed by atoms with van der Waals surface area (Å²) in [5.74, 6) is 1.80. The van der Waals surface area contributed by atoms with Crippen LogP contribution in [0.15, 0.2) is 48.5 Å². The molecule has 0 saturated heterocycles. The van der Waals surface area contributed by atoms with Crippen LogP contribution in [-0.4, -0.2) is 27.3 Å². The van der Waals surface area contributed by atoms with Gasteiger partial charge in [-0.3, -0.25) is 0 Å². The van der Waals surface area contributed by atoms with Crippen molar-refractivity contribution >= 4 is 0 Å². The van der Waals surface area contributed by atoms with Crippen molar-refractivity contribution in [2.45, 2.75) is 18.9 Å². The van der Waals surface area contributed by atoms with Crippen molar-refractivity contribution in [3.8, 4) is 11.5 Å². The van der Waals surface area contributed by atoms with Gasteiger partial charge < -0.3 is 14.8 Å². The predicted molar refractivity (Wildman–Crippen MR) is 86.2 cm³/mol. The van der Waals surface area contributed by atoms with E-state index >= 15 is 0 Å². The van der Waals surface area contributed by atoms with Crippen LogP contribution in [0.1, 0.15) is 11.1 Å². The van der Waals surface area contributed by atoms with Gasteiger partial charge in [0.1, 0.15) is 11.5 Å². The van der Waals surface area contributed by atoms with Gasteiger partial charge in [0.2, 0.25) is 0 Å². The van der Waals surface area contributed by atoms with Gasteiger partial charge in [-0.15, -0.1) is 0 Å². The molecule has 0 aliphatic carbocycles. The Morgan fingerprint density at radius 1 is 0.857 bits per heavy atom. The maximum absolute atomic E-state index is 5.28. The lowest BCUT2D eigenvalue weighted by atomic mass is 9.99. The van der Waals surface area contributed by atoms with Crippen molar-refractivity contribution in [2.24, 2.45) is 0 Å². The summed E-state index contributed by atoms with van der Waals surface area (Å²) in [7, 11) is 5.40. The summed E-state index contributed by atoms with van der Waals surface area (Å²) < 4.78 is 10.5. The van der Waals surface area contributed by atoms with Crippen molar-refractivity contribution in [1.29, 1.82) is 0 Å². The summed E-state index contributed by atoms with van der Waals surface area (Å²) in [5.41, 5.74) is 2.58. The van der Waals surface area contributed by atoms with Gasteiger partial charge in [0.05, 0.1) is 14.2 Å². The molecule has 0 aliphatic rings. The summed E-state index contributed by atoms with van der Waals surface area (Å²) in [6.45, 7) is 0. The largest absolute Gasteiger partial charge is 0.497 e. The van der Waals surface area contributed by atoms with Crippen LogP contribution < -0.4 is 14.8 Å². The van der Waals surface area contributed by atoms with Crippen LogP contribution in [0.4, 0.5) is 0 Å². The van der Waals surface area contributed by atoms with Gasteiger partial charge in [-0.1, -0.05) is 24.3 Å². The second-order valence-corrected chi connectivity index (χ2v) is 5.09. The third kappa shape index (κ3) is 4.50. The maximum Gasteiger partial charge on any atom is 0.119 e. The van der Waals surface area contributed by atoms with Crippen molar-refractivity contribution in [3.05, 3.63) is 59.7 Å². The molecule has 1 atom stereocenters. The average Bonchev–Trinajstić information content (AvgIpc) is 2.55. The van der Waals surface area contributed by atoms with E-state index in [9.17, 15) is 0 Å². The number of benzene rings is 2. The maximum atomic E-state index is 5.28. The van der Waals surface area contributed by atoms with Crippen LogP contribution >= 0.6 is 0 Å². The molecule has 112 valence electrons. The number of hydrogen-bond acceptors (Lipinski definition) is 3. The fourth-order valence-electron chi connectivity index (χ4n) is 2.41. The molecule has 0 fully saturated rings. The summed E-state index contributed by atoms with van der Waals surface area (Å²) in [5, 5.41) is 3.39. The first-order chi connectivity index (χ1) is 10.2. The van der Waals surface area contributed by atoms with E-state index in [1.807, 2.05) is 31.3 Å². The zero-order valence-corrected chi connectivity index (χ0v) is 12.9. The topological polar surface area (TPSA) is 30.5 Å². The number of ether oxygens (including phenoxy) is 2. The van der Waals surface area contributed by atoms with Gasteiger partial charge in [0.25, 0.3) is 0 Å². The van der Waals surface area contributed by atoms with E-state index in [1.54, 1.807) is 14.2 Å². The first-order valence-corrected chi connectivity index (χ1v) is 7.18. The van der Waals surface area contributed by atoms with Gasteiger partial charge >= 0.3 is 0 Å². The standard InChI is InChI=1S/C18H23NO2/c1-19-16(11-14-7-9-17(20-2)10-8-14)12-15-5-4-6-18(13-15)21-3/h4-10,13,16,19H,11-12H2,1-3H3. The first-order valence-electron chi connectivity index (χ1n) is 7.18. The fourth-order valence-corrected chi connectivity index (χ4v) is 2.41. The highest BCUT2D eigenvalue weighted by atomic mass is 16.5. The molecule has 0 aliphatic heterocycles. The molecule has 0 radical (unpaired) electrons. The highest BCUT2D eigenvalue weighted by Gasteiger charge is 2.09. The highest BCUT2D eigenvalue weighted by molar-refractivity contribution is 5.30. The van der Waals surface area contributed by atoms with Crippen LogP contribution in [0.3, 0.4) is 0 Å². The summed E-state index contributed by atoms with van der Waals surface area (Å²) >= 11 is 0. The summed E-state index contributed by atoms with van der Waals surface area (Å²) in [4.78, 5) is 0. The van der Waals surface area contributed by atoms with Crippen LogP contribution in [0.5, 0.6) is 11.5 Å². The van der Waals surface area contributed by atoms with E-state index in [1.165, 1.54) is 11.1 Å². The van der Waals surface area contributed by atoms with Gasteiger partial charge in [-0.25, -0.2) is 0 Å². The number of likely N-dealkylation sites (N-methyl/N-ethyl adjacent to an activating group) is 1. The molecule has 0 saturated carbocycles. The SMILES string of the molecule is CNC(Cc1ccc(OC)cc1)Cc1cccc(OC)c1. The molecule has 21 heavy (non-hydrogen) atoms. The van der Waals surface area contributed by atoms with Gasteiger partial charge in [0, 0.05) is 6.04 Å². The Hall–Kier alpha value is -2.00. The van der Waals surface area contributed by atoms with Crippen LogP contribution in [0, 0.1) is 0 Å². The van der Waals surface area contributed by atoms with Gasteiger partial charge in [0.15, 0.2) is 0 Å². The summed E-state index contributed by atoms with van der Waals surface area (Å²) in [6.07, 6.45) is 1.96. The monoisotopic (exact) mass is 285 g/mol. The van der Waals surface area contributed by atoms with Crippen molar-refractivity contribution in [1.82, 2.24) is 5.32 Å². The highest BCUT2D eigenvalue weighted by Crippen LogP contribution is 2.17. The second kappa shape index (κ2) is 7.70. The normalized spacial score (nSPS) is 12.0. The Kier molecular flexibility index (Phi) is 5.64. The van der Waals surface area contributed by atoms with E-state index in [0.717, 1.165) is 24.3 Å². The van der Waals surface area contributed by atoms with Gasteiger partial charge in [-0.05, 0) is 55.3 Å². The molecule has 1 N–H and O–H groups in total. The van der Waals surface area contributed by atoms with Crippen LogP contribution in [0.25, 0.3) is 0 Å². The number of nitrogens with one attached hydrogen (secondary N) is 1. The molecule has 3 heteroatoms. The zero-order valence-electron chi connectivity index (χ0n) is 12.9. The average molecular weight is 285 g/mol. The summed E-state index contributed by atoms with van der Waals surface area (Å²) in [6, 6.07) is 16.9. The molecule has 0 heterocycles. The Morgan fingerprint density at radius 2 is 1.52 bits per heavy atom. The van der Waals surface area contributed by atoms with Crippen LogP contribution in [0.2, 0.25) is 0 Å². The molecular weight excluding hydrogens is 262 g/mol. The lowest BCUT2D eigenvalue weighted by molar-refractivity contribution is 0.413. The number of rotatable bonds is 7. The van der Waals surface area contributed by atoms with Crippen LogP contribution in [-0.2, 0) is 12.8 Å². The third-order valence-electron chi connectivity index (χ3n) is 3.67. The van der Waals surface area contributed by atoms with Crippen molar-refractivity contribution < 1.29 is 9.47 Å². The lowest BCUT2D eigenvalue weighted by Crippen LogP contribution is -2.29. The molecule has 1 unspecified atom stereocenters. The minimum absolute atomic E-state index is 0.394. The molecule has 0 bridgehead atoms. The van der Waals surface area contributed by atoms with Crippen molar-refractivity contribution in [3.63, 3.8) is 0 Å². The van der Waals surface area contributed by atoms with E-state index in [2.05, 4.69) is 29.6 Å². The van der Waals surface area contributed by atoms with Gasteiger partial charge in [-0.2, -0.15) is 0 Å². The van der Waals surface area contributed by atoms with E-state index < -0.39 is 0 Å². The fraction of sp³-hybridized carbons (Fsp3) is 0.333. The molecule has 0 spiro atoms. The predicted octanol–water partition coefficient (Wildman–Crippen LogP) is 3.08. The molecule has 2 aromatic carbocycles. The third-order valence-corrected chi connectivity index (χ3v) is 3.67. The lowest BCUT2D eigenvalue weighted by Gasteiger charge is -2.17. The molecular formula is C18H23NO2. The Balaban J connectivity index is 2.01. The van der Waals surface area contributed by atoms with E-state index in [-0.39, 0.29) is 0 Å². The minimum atomic E-state index is 0.394. The van der Waals surface area contributed by atoms with E-state index in [4.69, 9.17) is 9.47 Å². The zero-order chi connectivity index (χ0) is 15.1. The number of hydrogen-bond donors (Lipinski definition) is 1. The molecule has 2 aromatic rings. The molecule has 0 aromatic heterocycles. The molecule has 2 rings (SSSR count). The Bertz CT molecular complexity index is 551. The minimum Gasteiger partial charge on any atom is -0.497 e. The van der Waals surface area contributed by atoms with Crippen molar-refractivity contribution in [2.75, 3.05) is 21.3 Å². The molecule has 3 nitrogen and oxygen atoms in total. The smallest absolute Gasteiger partial charge is 0.119 e. The first kappa shape index (κ1) is 15.4. The number of methoxy groups -OCH3 is 2. The second-order valence-electron chi connectivity index (χ2n) is 5.09. The Morgan fingerprint density at radius 3 is 2.14 bits per heavy atom. The Labute approximate surface area is 126 Å². The molecule has 0 amide bonds. The van der Waals surface area contributed by atoms with E-state index in [0.29, 0.717) is 6.04 Å².